The van der Waals surface area contributed by atoms with Crippen molar-refractivity contribution in [3.63, 3.8) is 0 Å². The van der Waals surface area contributed by atoms with Crippen LogP contribution in [0.1, 0.15) is 39.9 Å². The molecule has 7 nitrogen and oxygen atoms in total. The predicted molar refractivity (Wildman–Crippen MR) is 140 cm³/mol. The van der Waals surface area contributed by atoms with Crippen LogP contribution in [0.4, 0.5) is 5.69 Å². The van der Waals surface area contributed by atoms with E-state index in [1.807, 2.05) is 54.4 Å². The van der Waals surface area contributed by atoms with Gasteiger partial charge in [-0.15, -0.1) is 0 Å². The van der Waals surface area contributed by atoms with E-state index in [2.05, 4.69) is 21.5 Å². The molecule has 1 aliphatic carbocycles. The molecule has 2 aliphatic rings. The Kier molecular flexibility index (Phi) is 9.20. The fourth-order valence-corrected chi connectivity index (χ4v) is 5.24. The van der Waals surface area contributed by atoms with Crippen molar-refractivity contribution in [2.45, 2.75) is 25.7 Å². The van der Waals surface area contributed by atoms with Gasteiger partial charge in [-0.25, -0.2) is 0 Å². The Labute approximate surface area is 211 Å². The van der Waals surface area contributed by atoms with Crippen LogP contribution in [0.15, 0.2) is 47.6 Å². The monoisotopic (exact) mass is 495 g/mol. The van der Waals surface area contributed by atoms with Crippen LogP contribution in [0, 0.1) is 5.92 Å². The minimum atomic E-state index is -0.177. The van der Waals surface area contributed by atoms with Gasteiger partial charge in [-0.1, -0.05) is 18.2 Å². The molecule has 1 N–H and O–H groups in total. The molecule has 0 bridgehead atoms. The maximum Gasteiger partial charge on any atom is 0.306 e. The first kappa shape index (κ1) is 25.3. The maximum absolute atomic E-state index is 12.8. The number of anilines is 1. The van der Waals surface area contributed by atoms with E-state index in [1.54, 1.807) is 7.11 Å². The van der Waals surface area contributed by atoms with E-state index in [4.69, 9.17) is 9.47 Å². The van der Waals surface area contributed by atoms with E-state index in [0.29, 0.717) is 25.2 Å². The summed E-state index contributed by atoms with van der Waals surface area (Å²) in [6.07, 6.45) is 4.96. The molecule has 35 heavy (non-hydrogen) atoms. The van der Waals surface area contributed by atoms with Crippen molar-refractivity contribution < 1.29 is 19.1 Å². The summed E-state index contributed by atoms with van der Waals surface area (Å²) in [5, 5.41) is 9.64. The topological polar surface area (TPSA) is 80.2 Å². The third kappa shape index (κ3) is 7.57. The number of hydrogen-bond acceptors (Lipinski definition) is 7. The van der Waals surface area contributed by atoms with Gasteiger partial charge in [0.15, 0.2) is 0 Å². The molecule has 4 rings (SSSR count). The number of fused-ring (bicyclic) bond motifs is 1. The molecule has 186 valence electrons. The summed E-state index contributed by atoms with van der Waals surface area (Å²) in [7, 11) is 1.59. The molecule has 1 heterocycles. The quantitative estimate of drug-likeness (QED) is 0.322. The average molecular weight is 496 g/mol. The van der Waals surface area contributed by atoms with Gasteiger partial charge in [-0.3, -0.25) is 14.6 Å². The molecule has 2 aromatic rings. The Hall–Kier alpha value is -2.84. The number of nitrogens with zero attached hydrogens (tertiary/aromatic N) is 2. The summed E-state index contributed by atoms with van der Waals surface area (Å²) in [4.78, 5) is 24.9. The van der Waals surface area contributed by atoms with Crippen molar-refractivity contribution in [3.05, 3.63) is 64.7 Å². The number of thioether (sulfide) groups is 1. The number of carbonyl (C=O) groups is 2. The lowest BCUT2D eigenvalue weighted by Gasteiger charge is -2.24. The molecule has 1 amide bonds. The number of esters is 1. The highest BCUT2D eigenvalue weighted by Gasteiger charge is 2.22. The van der Waals surface area contributed by atoms with Crippen LogP contribution < -0.4 is 5.32 Å². The smallest absolute Gasteiger partial charge is 0.306 e. The maximum atomic E-state index is 12.8. The number of aryl methyl sites for hydroxylation is 1. The van der Waals surface area contributed by atoms with E-state index >= 15 is 0 Å². The van der Waals surface area contributed by atoms with Crippen LogP contribution in [-0.2, 0) is 27.1 Å². The summed E-state index contributed by atoms with van der Waals surface area (Å²) >= 11 is 1.96. The van der Waals surface area contributed by atoms with E-state index in [9.17, 15) is 9.59 Å². The fourth-order valence-electron chi connectivity index (χ4n) is 4.36. The summed E-state index contributed by atoms with van der Waals surface area (Å²) in [5.74, 6) is 2.16. The number of rotatable bonds is 9. The average Bonchev–Trinajstić information content (AvgIpc) is 2.88. The van der Waals surface area contributed by atoms with Crippen molar-refractivity contribution >= 4 is 35.5 Å². The van der Waals surface area contributed by atoms with Crippen molar-refractivity contribution in [1.82, 2.24) is 5.01 Å². The van der Waals surface area contributed by atoms with Crippen molar-refractivity contribution in [2.75, 3.05) is 50.2 Å². The van der Waals surface area contributed by atoms with Crippen LogP contribution in [0.3, 0.4) is 0 Å². The first-order valence-electron chi connectivity index (χ1n) is 12.1. The molecule has 0 radical (unpaired) electrons. The standard InChI is InChI=1S/C27H33N3O4S/c1-33-12-13-34-26(31)17-21-4-5-22-8-9-25(18-24(22)16-21)29-27(32)23-6-2-20(3-7-23)19-28-30-10-14-35-15-11-30/h2-3,6-9,18-19,21H,4-5,10-17H2,1H3,(H,29,32). The SMILES string of the molecule is COCCOC(=O)CC1CCc2ccc(NC(=O)c3ccc(C=NN4CCSCC4)cc3)cc2C1. The van der Waals surface area contributed by atoms with Crippen LogP contribution in [0.5, 0.6) is 0 Å². The van der Waals surface area contributed by atoms with E-state index in [1.165, 1.54) is 11.1 Å². The van der Waals surface area contributed by atoms with E-state index in [0.717, 1.165) is 55.1 Å². The number of benzene rings is 2. The lowest BCUT2D eigenvalue weighted by Crippen LogP contribution is -2.27. The minimum Gasteiger partial charge on any atom is -0.463 e. The summed E-state index contributed by atoms with van der Waals surface area (Å²) < 4.78 is 10.1. The number of nitrogens with one attached hydrogen (secondary N) is 1. The lowest BCUT2D eigenvalue weighted by atomic mass is 9.82. The Morgan fingerprint density at radius 3 is 2.69 bits per heavy atom. The Morgan fingerprint density at radius 2 is 1.91 bits per heavy atom. The van der Waals surface area contributed by atoms with Crippen LogP contribution in [-0.4, -0.2) is 68.0 Å². The van der Waals surface area contributed by atoms with Gasteiger partial charge in [-0.05, 0) is 66.1 Å². The van der Waals surface area contributed by atoms with Gasteiger partial charge in [0.25, 0.3) is 5.91 Å². The lowest BCUT2D eigenvalue weighted by molar-refractivity contribution is -0.146. The largest absolute Gasteiger partial charge is 0.463 e. The first-order chi connectivity index (χ1) is 17.1. The highest BCUT2D eigenvalue weighted by atomic mass is 32.2. The molecule has 2 aromatic carbocycles. The normalized spacial score (nSPS) is 17.7. The van der Waals surface area contributed by atoms with Gasteiger partial charge in [0.05, 0.1) is 12.8 Å². The van der Waals surface area contributed by atoms with Gasteiger partial charge in [0, 0.05) is 49.4 Å². The number of carbonyl (C=O) groups excluding carboxylic acids is 2. The second-order valence-electron chi connectivity index (χ2n) is 8.90. The molecule has 1 fully saturated rings. The molecule has 1 unspecified atom stereocenters. The molecule has 8 heteroatoms. The fraction of sp³-hybridized carbons (Fsp3) is 0.444. The van der Waals surface area contributed by atoms with Gasteiger partial charge in [0.1, 0.15) is 6.61 Å². The Morgan fingerprint density at radius 1 is 1.11 bits per heavy atom. The first-order valence-corrected chi connectivity index (χ1v) is 13.3. The molecule has 0 saturated carbocycles. The summed E-state index contributed by atoms with van der Waals surface area (Å²) in [6.45, 7) is 2.65. The Bertz CT molecular complexity index is 1040. The summed E-state index contributed by atoms with van der Waals surface area (Å²) in [6, 6.07) is 13.6. The number of amides is 1. The zero-order valence-electron chi connectivity index (χ0n) is 20.2. The molecular formula is C27H33N3O4S. The van der Waals surface area contributed by atoms with Crippen LogP contribution >= 0.6 is 11.8 Å². The number of ether oxygens (including phenoxy) is 2. The minimum absolute atomic E-state index is 0.143. The van der Waals surface area contributed by atoms with Gasteiger partial charge in [-0.2, -0.15) is 16.9 Å². The van der Waals surface area contributed by atoms with E-state index < -0.39 is 0 Å². The van der Waals surface area contributed by atoms with Crippen LogP contribution in [0.25, 0.3) is 0 Å². The zero-order chi connectivity index (χ0) is 24.5. The van der Waals surface area contributed by atoms with Crippen LogP contribution in [0.2, 0.25) is 0 Å². The second kappa shape index (κ2) is 12.7. The molecule has 1 aliphatic heterocycles. The molecule has 1 atom stereocenters. The van der Waals surface area contributed by atoms with Crippen molar-refractivity contribution in [3.8, 4) is 0 Å². The predicted octanol–water partition coefficient (Wildman–Crippen LogP) is 4.01. The summed E-state index contributed by atoms with van der Waals surface area (Å²) in [5.41, 5.74) is 4.81. The van der Waals surface area contributed by atoms with Crippen molar-refractivity contribution in [1.29, 1.82) is 0 Å². The number of methoxy groups -OCH3 is 1. The van der Waals surface area contributed by atoms with Gasteiger partial charge >= 0.3 is 5.97 Å². The van der Waals surface area contributed by atoms with Gasteiger partial charge < -0.3 is 14.8 Å². The third-order valence-corrected chi connectivity index (χ3v) is 7.27. The Balaban J connectivity index is 1.31. The van der Waals surface area contributed by atoms with Gasteiger partial charge in [0.2, 0.25) is 0 Å². The molecule has 0 aromatic heterocycles. The zero-order valence-corrected chi connectivity index (χ0v) is 21.0. The third-order valence-electron chi connectivity index (χ3n) is 6.33. The highest BCUT2D eigenvalue weighted by Crippen LogP contribution is 2.30. The second-order valence-corrected chi connectivity index (χ2v) is 10.1. The molecule has 1 saturated heterocycles. The molecular weight excluding hydrogens is 462 g/mol. The number of hydrogen-bond donors (Lipinski definition) is 1. The van der Waals surface area contributed by atoms with E-state index in [-0.39, 0.29) is 17.8 Å². The highest BCUT2D eigenvalue weighted by molar-refractivity contribution is 7.99. The number of hydrazone groups is 1. The molecule has 0 spiro atoms. The van der Waals surface area contributed by atoms with Crippen molar-refractivity contribution in [2.24, 2.45) is 11.0 Å².